The van der Waals surface area contributed by atoms with Crippen molar-refractivity contribution in [1.29, 1.82) is 0 Å². The largest absolute Gasteiger partial charge is 0.326 e. The zero-order chi connectivity index (χ0) is 18.7. The molecule has 0 spiro atoms. The fourth-order valence-corrected chi connectivity index (χ4v) is 2.60. The van der Waals surface area contributed by atoms with E-state index in [0.717, 1.165) is 11.3 Å². The summed E-state index contributed by atoms with van der Waals surface area (Å²) in [7, 11) is 0. The Bertz CT molecular complexity index is 960. The van der Waals surface area contributed by atoms with Gasteiger partial charge in [-0.2, -0.15) is 0 Å². The first-order valence-electron chi connectivity index (χ1n) is 8.13. The Hall–Kier alpha value is -3.48. The standard InChI is InChI=1S/C19H19N5O2/c1-12-6-4-5-7-17(12)24-13(2)18(22-23-24)19(26)21-16-10-8-15(9-11-16)20-14(3)25/h4-11H,1-3H3,(H,20,25)(H,21,26). The van der Waals surface area contributed by atoms with Gasteiger partial charge in [0.25, 0.3) is 5.91 Å². The second kappa shape index (κ2) is 7.18. The van der Waals surface area contributed by atoms with E-state index >= 15 is 0 Å². The van der Waals surface area contributed by atoms with E-state index in [2.05, 4.69) is 20.9 Å². The molecular weight excluding hydrogens is 330 g/mol. The van der Waals surface area contributed by atoms with Crippen molar-refractivity contribution in [2.24, 2.45) is 0 Å². The van der Waals surface area contributed by atoms with Crippen LogP contribution in [-0.4, -0.2) is 26.8 Å². The molecule has 0 saturated heterocycles. The van der Waals surface area contributed by atoms with Gasteiger partial charge in [0.15, 0.2) is 5.69 Å². The van der Waals surface area contributed by atoms with Gasteiger partial charge in [-0.1, -0.05) is 23.4 Å². The van der Waals surface area contributed by atoms with Crippen LogP contribution in [0, 0.1) is 13.8 Å². The van der Waals surface area contributed by atoms with Gasteiger partial charge >= 0.3 is 0 Å². The number of anilines is 2. The number of carbonyl (C=O) groups excluding carboxylic acids is 2. The van der Waals surface area contributed by atoms with E-state index in [1.165, 1.54) is 6.92 Å². The van der Waals surface area contributed by atoms with Crippen molar-refractivity contribution in [2.45, 2.75) is 20.8 Å². The number of hydrogen-bond donors (Lipinski definition) is 2. The summed E-state index contributed by atoms with van der Waals surface area (Å²) in [4.78, 5) is 23.6. The number of nitrogens with one attached hydrogen (secondary N) is 2. The Morgan fingerprint density at radius 2 is 1.54 bits per heavy atom. The summed E-state index contributed by atoms with van der Waals surface area (Å²) >= 11 is 0. The normalized spacial score (nSPS) is 10.4. The van der Waals surface area contributed by atoms with Crippen molar-refractivity contribution in [3.63, 3.8) is 0 Å². The number of hydrogen-bond acceptors (Lipinski definition) is 4. The highest BCUT2D eigenvalue weighted by atomic mass is 16.2. The van der Waals surface area contributed by atoms with E-state index in [1.54, 1.807) is 35.9 Å². The lowest BCUT2D eigenvalue weighted by Gasteiger charge is -2.08. The van der Waals surface area contributed by atoms with Crippen molar-refractivity contribution >= 4 is 23.2 Å². The fraction of sp³-hybridized carbons (Fsp3) is 0.158. The summed E-state index contributed by atoms with van der Waals surface area (Å²) in [5.74, 6) is -0.486. The molecule has 132 valence electrons. The van der Waals surface area contributed by atoms with Crippen molar-refractivity contribution in [2.75, 3.05) is 10.6 Å². The summed E-state index contributed by atoms with van der Waals surface area (Å²) in [6, 6.07) is 14.6. The molecule has 0 saturated carbocycles. The maximum atomic E-state index is 12.5. The summed E-state index contributed by atoms with van der Waals surface area (Å²) in [5.41, 5.74) is 4.12. The Morgan fingerprint density at radius 1 is 0.923 bits per heavy atom. The van der Waals surface area contributed by atoms with E-state index in [9.17, 15) is 9.59 Å². The Balaban J connectivity index is 1.79. The smallest absolute Gasteiger partial charge is 0.278 e. The van der Waals surface area contributed by atoms with Crippen molar-refractivity contribution in [1.82, 2.24) is 15.0 Å². The van der Waals surface area contributed by atoms with Gasteiger partial charge in [-0.05, 0) is 49.7 Å². The van der Waals surface area contributed by atoms with Crippen molar-refractivity contribution < 1.29 is 9.59 Å². The third-order valence-electron chi connectivity index (χ3n) is 3.92. The molecule has 0 aliphatic heterocycles. The van der Waals surface area contributed by atoms with Crippen LogP contribution in [-0.2, 0) is 4.79 Å². The SMILES string of the molecule is CC(=O)Nc1ccc(NC(=O)c2nnn(-c3ccccc3C)c2C)cc1. The Labute approximate surface area is 151 Å². The highest BCUT2D eigenvalue weighted by molar-refractivity contribution is 6.03. The highest BCUT2D eigenvalue weighted by Gasteiger charge is 2.18. The molecule has 26 heavy (non-hydrogen) atoms. The average molecular weight is 349 g/mol. The number of rotatable bonds is 4. The molecule has 0 bridgehead atoms. The average Bonchev–Trinajstić information content (AvgIpc) is 2.98. The minimum absolute atomic E-state index is 0.148. The molecule has 0 aliphatic rings. The first-order valence-corrected chi connectivity index (χ1v) is 8.13. The van der Waals surface area contributed by atoms with Gasteiger partial charge in [-0.25, -0.2) is 4.68 Å². The number of amides is 2. The van der Waals surface area contributed by atoms with Gasteiger partial charge in [0, 0.05) is 18.3 Å². The number of aromatic nitrogens is 3. The molecule has 0 radical (unpaired) electrons. The van der Waals surface area contributed by atoms with Gasteiger partial charge < -0.3 is 10.6 Å². The molecule has 0 aliphatic carbocycles. The third kappa shape index (κ3) is 3.61. The van der Waals surface area contributed by atoms with Gasteiger partial charge in [-0.3, -0.25) is 9.59 Å². The van der Waals surface area contributed by atoms with E-state index in [0.29, 0.717) is 17.1 Å². The van der Waals surface area contributed by atoms with E-state index < -0.39 is 0 Å². The fourth-order valence-electron chi connectivity index (χ4n) is 2.60. The molecule has 2 N–H and O–H groups in total. The monoisotopic (exact) mass is 349 g/mol. The zero-order valence-corrected chi connectivity index (χ0v) is 14.8. The van der Waals surface area contributed by atoms with Crippen molar-refractivity contribution in [3.05, 3.63) is 65.5 Å². The summed E-state index contributed by atoms with van der Waals surface area (Å²) in [5, 5.41) is 13.6. The maximum Gasteiger partial charge on any atom is 0.278 e. The molecule has 0 unspecified atom stereocenters. The van der Waals surface area contributed by atoms with Crippen molar-refractivity contribution in [3.8, 4) is 5.69 Å². The molecular formula is C19H19N5O2. The lowest BCUT2D eigenvalue weighted by molar-refractivity contribution is -0.114. The van der Waals surface area contributed by atoms with Crippen LogP contribution in [0.4, 0.5) is 11.4 Å². The third-order valence-corrected chi connectivity index (χ3v) is 3.92. The lowest BCUT2D eigenvalue weighted by Crippen LogP contribution is -2.14. The van der Waals surface area contributed by atoms with Gasteiger partial charge in [0.05, 0.1) is 11.4 Å². The van der Waals surface area contributed by atoms with Crippen LogP contribution in [0.25, 0.3) is 5.69 Å². The molecule has 1 heterocycles. The molecule has 1 aromatic heterocycles. The van der Waals surface area contributed by atoms with Crippen LogP contribution < -0.4 is 10.6 Å². The number of carbonyl (C=O) groups is 2. The maximum absolute atomic E-state index is 12.5. The van der Waals surface area contributed by atoms with E-state index in [1.807, 2.05) is 31.2 Å². The number of benzene rings is 2. The highest BCUT2D eigenvalue weighted by Crippen LogP contribution is 2.18. The molecule has 0 atom stereocenters. The topological polar surface area (TPSA) is 88.9 Å². The van der Waals surface area contributed by atoms with Crippen LogP contribution in [0.15, 0.2) is 48.5 Å². The van der Waals surface area contributed by atoms with Crippen LogP contribution in [0.2, 0.25) is 0 Å². The molecule has 7 nitrogen and oxygen atoms in total. The predicted octanol–water partition coefficient (Wildman–Crippen LogP) is 3.09. The first-order chi connectivity index (χ1) is 12.5. The molecule has 7 heteroatoms. The first kappa shape index (κ1) is 17.3. The van der Waals surface area contributed by atoms with Gasteiger partial charge in [-0.15, -0.1) is 5.10 Å². The minimum atomic E-state index is -0.338. The summed E-state index contributed by atoms with van der Waals surface area (Å²) in [6.07, 6.45) is 0. The molecule has 0 fully saturated rings. The van der Waals surface area contributed by atoms with E-state index in [4.69, 9.17) is 0 Å². The van der Waals surface area contributed by atoms with Gasteiger partial charge in [0.2, 0.25) is 5.91 Å². The molecule has 3 aromatic rings. The predicted molar refractivity (Wildman–Crippen MR) is 99.5 cm³/mol. The summed E-state index contributed by atoms with van der Waals surface area (Å²) in [6.45, 7) is 5.23. The molecule has 3 rings (SSSR count). The van der Waals surface area contributed by atoms with Gasteiger partial charge in [0.1, 0.15) is 0 Å². The Morgan fingerprint density at radius 3 is 2.15 bits per heavy atom. The van der Waals surface area contributed by atoms with Crippen LogP contribution in [0.5, 0.6) is 0 Å². The molecule has 2 aromatic carbocycles. The second-order valence-corrected chi connectivity index (χ2v) is 5.93. The quantitative estimate of drug-likeness (QED) is 0.757. The second-order valence-electron chi connectivity index (χ2n) is 5.93. The number of para-hydroxylation sites is 1. The van der Waals surface area contributed by atoms with Crippen LogP contribution in [0.1, 0.15) is 28.7 Å². The number of aryl methyl sites for hydroxylation is 1. The van der Waals surface area contributed by atoms with E-state index in [-0.39, 0.29) is 17.5 Å². The van der Waals surface area contributed by atoms with Crippen LogP contribution in [0.3, 0.4) is 0 Å². The number of nitrogens with zero attached hydrogens (tertiary/aromatic N) is 3. The zero-order valence-electron chi connectivity index (χ0n) is 14.8. The summed E-state index contributed by atoms with van der Waals surface area (Å²) < 4.78 is 1.66. The van der Waals surface area contributed by atoms with Crippen LogP contribution >= 0.6 is 0 Å². The molecule has 2 amide bonds. The Kier molecular flexibility index (Phi) is 4.79. The lowest BCUT2D eigenvalue weighted by atomic mass is 10.2. The minimum Gasteiger partial charge on any atom is -0.326 e.